The number of rotatable bonds is 4. The van der Waals surface area contributed by atoms with E-state index in [4.69, 9.17) is 5.84 Å². The van der Waals surface area contributed by atoms with E-state index in [0.29, 0.717) is 0 Å². The number of benzene rings is 1. The van der Waals surface area contributed by atoms with E-state index in [9.17, 15) is 4.79 Å². The molecule has 0 saturated carbocycles. The number of nitrogens with two attached hydrogens (primary N) is 1. The average molecular weight is 237 g/mol. The third kappa shape index (κ3) is 5.47. The van der Waals surface area contributed by atoms with Crippen molar-refractivity contribution in [3.05, 3.63) is 29.8 Å². The van der Waals surface area contributed by atoms with Crippen LogP contribution in [-0.2, 0) is 11.2 Å². The van der Waals surface area contributed by atoms with Gasteiger partial charge in [0.1, 0.15) is 0 Å². The summed E-state index contributed by atoms with van der Waals surface area (Å²) < 4.78 is 0. The molecular weight excluding hydrogens is 214 g/mol. The summed E-state index contributed by atoms with van der Waals surface area (Å²) in [4.78, 5) is 12.7. The summed E-state index contributed by atoms with van der Waals surface area (Å²) >= 11 is 0. The number of hydrogen-bond donors (Lipinski definition) is 2. The van der Waals surface area contributed by atoms with E-state index < -0.39 is 0 Å². The van der Waals surface area contributed by atoms with Gasteiger partial charge in [0.15, 0.2) is 0 Å². The van der Waals surface area contributed by atoms with Crippen LogP contribution in [0.1, 0.15) is 26.3 Å². The molecular formula is C13H23N3O. The summed E-state index contributed by atoms with van der Waals surface area (Å²) in [6.45, 7) is 6.30. The highest BCUT2D eigenvalue weighted by atomic mass is 16.2. The maximum Gasteiger partial charge on any atom is 0.223 e. The van der Waals surface area contributed by atoms with Crippen molar-refractivity contribution >= 4 is 11.6 Å². The summed E-state index contributed by atoms with van der Waals surface area (Å²) in [6.07, 6.45) is 0.889. The van der Waals surface area contributed by atoms with E-state index in [-0.39, 0.29) is 5.91 Å². The largest absolute Gasteiger partial charge is 0.316 e. The second-order valence-corrected chi connectivity index (χ2v) is 3.45. The highest BCUT2D eigenvalue weighted by Crippen LogP contribution is 2.13. The van der Waals surface area contributed by atoms with Gasteiger partial charge in [0, 0.05) is 26.2 Å². The number of carbonyl (C=O) groups excluding carboxylic acids is 1. The van der Waals surface area contributed by atoms with Gasteiger partial charge in [0.2, 0.25) is 5.91 Å². The van der Waals surface area contributed by atoms with Crippen LogP contribution in [0.2, 0.25) is 0 Å². The molecule has 3 N–H and O–H groups in total. The van der Waals surface area contributed by atoms with Crippen LogP contribution in [0, 0.1) is 0 Å². The Labute approximate surface area is 104 Å². The Morgan fingerprint density at radius 3 is 2.24 bits per heavy atom. The lowest BCUT2D eigenvalue weighted by Gasteiger charge is -2.15. The van der Waals surface area contributed by atoms with Crippen LogP contribution in [0.4, 0.5) is 5.69 Å². The fourth-order valence-corrected chi connectivity index (χ4v) is 1.28. The summed E-state index contributed by atoms with van der Waals surface area (Å²) in [7, 11) is 1.76. The Morgan fingerprint density at radius 2 is 1.82 bits per heavy atom. The molecule has 0 aliphatic carbocycles. The molecule has 0 atom stereocenters. The Kier molecular flexibility index (Phi) is 8.01. The molecule has 1 aromatic carbocycles. The predicted molar refractivity (Wildman–Crippen MR) is 72.8 cm³/mol. The van der Waals surface area contributed by atoms with E-state index in [1.165, 1.54) is 5.56 Å². The first kappa shape index (κ1) is 15.6. The number of hydrazine groups is 1. The molecule has 0 bridgehead atoms. The molecule has 0 saturated heterocycles. The van der Waals surface area contributed by atoms with E-state index in [1.807, 2.05) is 38.1 Å². The van der Waals surface area contributed by atoms with Crippen molar-refractivity contribution in [3.8, 4) is 0 Å². The van der Waals surface area contributed by atoms with Crippen LogP contribution in [0.15, 0.2) is 24.3 Å². The van der Waals surface area contributed by atoms with Crippen LogP contribution in [0.5, 0.6) is 0 Å². The fourth-order valence-electron chi connectivity index (χ4n) is 1.28. The number of hydrogen-bond acceptors (Lipinski definition) is 3. The van der Waals surface area contributed by atoms with Crippen molar-refractivity contribution < 1.29 is 4.79 Å². The molecule has 0 radical (unpaired) electrons. The lowest BCUT2D eigenvalue weighted by molar-refractivity contribution is -0.116. The van der Waals surface area contributed by atoms with E-state index in [2.05, 4.69) is 5.43 Å². The molecule has 0 heterocycles. The van der Waals surface area contributed by atoms with Crippen molar-refractivity contribution in [2.45, 2.75) is 27.2 Å². The molecule has 0 spiro atoms. The SMILES string of the molecule is CC.CC(=O)N(C)c1ccc(CCNN)cc1. The summed E-state index contributed by atoms with van der Waals surface area (Å²) in [5, 5.41) is 0. The van der Waals surface area contributed by atoms with Gasteiger partial charge in [-0.3, -0.25) is 16.1 Å². The quantitative estimate of drug-likeness (QED) is 0.619. The number of anilines is 1. The Balaban J connectivity index is 0.00000121. The van der Waals surface area contributed by atoms with Gasteiger partial charge in [-0.05, 0) is 24.1 Å². The zero-order chi connectivity index (χ0) is 13.3. The first-order chi connectivity index (χ1) is 8.15. The highest BCUT2D eigenvalue weighted by molar-refractivity contribution is 5.90. The average Bonchev–Trinajstić information content (AvgIpc) is 2.38. The Morgan fingerprint density at radius 1 is 1.29 bits per heavy atom. The molecule has 0 aliphatic rings. The number of carbonyl (C=O) groups is 1. The molecule has 4 heteroatoms. The minimum atomic E-state index is 0.0337. The molecule has 1 rings (SSSR count). The van der Waals surface area contributed by atoms with E-state index in [0.717, 1.165) is 18.7 Å². The van der Waals surface area contributed by atoms with Crippen LogP contribution in [0.3, 0.4) is 0 Å². The molecule has 0 fully saturated rings. The van der Waals surface area contributed by atoms with Gasteiger partial charge in [-0.1, -0.05) is 26.0 Å². The van der Waals surface area contributed by atoms with Crippen molar-refractivity contribution in [1.82, 2.24) is 5.43 Å². The zero-order valence-corrected chi connectivity index (χ0v) is 11.2. The van der Waals surface area contributed by atoms with Gasteiger partial charge in [0.25, 0.3) is 0 Å². The molecule has 0 aromatic heterocycles. The maximum absolute atomic E-state index is 11.1. The molecule has 17 heavy (non-hydrogen) atoms. The molecule has 1 aromatic rings. The first-order valence-electron chi connectivity index (χ1n) is 5.92. The summed E-state index contributed by atoms with van der Waals surface area (Å²) in [5.74, 6) is 5.23. The minimum Gasteiger partial charge on any atom is -0.316 e. The topological polar surface area (TPSA) is 58.4 Å². The number of nitrogens with zero attached hydrogens (tertiary/aromatic N) is 1. The molecule has 0 unspecified atom stereocenters. The predicted octanol–water partition coefficient (Wildman–Crippen LogP) is 1.70. The molecule has 0 aliphatic heterocycles. The smallest absolute Gasteiger partial charge is 0.223 e. The monoisotopic (exact) mass is 237 g/mol. The molecule has 1 amide bonds. The van der Waals surface area contributed by atoms with Gasteiger partial charge in [0.05, 0.1) is 0 Å². The lowest BCUT2D eigenvalue weighted by atomic mass is 10.1. The third-order valence-corrected chi connectivity index (χ3v) is 2.35. The minimum absolute atomic E-state index is 0.0337. The van der Waals surface area contributed by atoms with Gasteiger partial charge in [-0.25, -0.2) is 0 Å². The number of nitrogens with one attached hydrogen (secondary N) is 1. The number of amides is 1. The fraction of sp³-hybridized carbons (Fsp3) is 0.462. The molecule has 4 nitrogen and oxygen atoms in total. The normalized spacial score (nSPS) is 9.24. The summed E-state index contributed by atoms with van der Waals surface area (Å²) in [6, 6.07) is 7.89. The second kappa shape index (κ2) is 8.73. The Bertz CT molecular complexity index is 322. The van der Waals surface area contributed by atoms with E-state index in [1.54, 1.807) is 18.9 Å². The van der Waals surface area contributed by atoms with Gasteiger partial charge < -0.3 is 4.90 Å². The third-order valence-electron chi connectivity index (χ3n) is 2.35. The summed E-state index contributed by atoms with van der Waals surface area (Å²) in [5.41, 5.74) is 4.72. The van der Waals surface area contributed by atoms with Crippen LogP contribution in [0.25, 0.3) is 0 Å². The zero-order valence-electron chi connectivity index (χ0n) is 11.2. The van der Waals surface area contributed by atoms with Crippen LogP contribution < -0.4 is 16.2 Å². The van der Waals surface area contributed by atoms with Crippen LogP contribution >= 0.6 is 0 Å². The van der Waals surface area contributed by atoms with E-state index >= 15 is 0 Å². The van der Waals surface area contributed by atoms with Crippen molar-refractivity contribution in [2.24, 2.45) is 5.84 Å². The first-order valence-corrected chi connectivity index (χ1v) is 5.92. The van der Waals surface area contributed by atoms with Crippen LogP contribution in [-0.4, -0.2) is 19.5 Å². The lowest BCUT2D eigenvalue weighted by Crippen LogP contribution is -2.24. The maximum atomic E-state index is 11.1. The highest BCUT2D eigenvalue weighted by Gasteiger charge is 2.04. The van der Waals surface area contributed by atoms with Crippen molar-refractivity contribution in [2.75, 3.05) is 18.5 Å². The second-order valence-electron chi connectivity index (χ2n) is 3.45. The van der Waals surface area contributed by atoms with Gasteiger partial charge in [-0.15, -0.1) is 0 Å². The van der Waals surface area contributed by atoms with Crippen molar-refractivity contribution in [3.63, 3.8) is 0 Å². The van der Waals surface area contributed by atoms with Gasteiger partial charge >= 0.3 is 0 Å². The van der Waals surface area contributed by atoms with Gasteiger partial charge in [-0.2, -0.15) is 0 Å². The standard InChI is InChI=1S/C11H17N3O.C2H6/c1-9(15)14(2)11-5-3-10(4-6-11)7-8-13-12;1-2/h3-6,13H,7-8,12H2,1-2H3;1-2H3. The van der Waals surface area contributed by atoms with Crippen molar-refractivity contribution in [1.29, 1.82) is 0 Å². The Hall–Kier alpha value is -1.39. The molecule has 96 valence electrons.